The van der Waals surface area contributed by atoms with Gasteiger partial charge in [0.2, 0.25) is 5.91 Å². The second-order valence-electron chi connectivity index (χ2n) is 4.98. The van der Waals surface area contributed by atoms with Gasteiger partial charge in [0.15, 0.2) is 11.5 Å². The highest BCUT2D eigenvalue weighted by Crippen LogP contribution is 2.45. The summed E-state index contributed by atoms with van der Waals surface area (Å²) in [6.07, 6.45) is 0. The molecule has 1 atom stereocenters. The Morgan fingerprint density at radius 3 is 2.59 bits per heavy atom. The van der Waals surface area contributed by atoms with Crippen molar-refractivity contribution in [3.63, 3.8) is 0 Å². The van der Waals surface area contributed by atoms with Crippen molar-refractivity contribution in [2.75, 3.05) is 24.9 Å². The zero-order chi connectivity index (χ0) is 15.7. The molecule has 1 fully saturated rings. The lowest BCUT2D eigenvalue weighted by Crippen LogP contribution is -2.28. The van der Waals surface area contributed by atoms with Gasteiger partial charge in [0.25, 0.3) is 0 Å². The molecule has 0 N–H and O–H groups in total. The molecule has 1 aliphatic heterocycles. The van der Waals surface area contributed by atoms with E-state index in [1.807, 2.05) is 29.3 Å². The van der Waals surface area contributed by atoms with E-state index in [1.54, 1.807) is 37.3 Å². The van der Waals surface area contributed by atoms with Crippen LogP contribution in [0.2, 0.25) is 0 Å². The van der Waals surface area contributed by atoms with Gasteiger partial charge < -0.3 is 9.47 Å². The molecule has 1 unspecified atom stereocenters. The fourth-order valence-electron chi connectivity index (χ4n) is 2.58. The lowest BCUT2D eigenvalue weighted by atomic mass is 10.1. The van der Waals surface area contributed by atoms with E-state index in [4.69, 9.17) is 9.47 Å². The minimum atomic E-state index is 0.0237. The number of aryl methyl sites for hydroxylation is 1. The fraction of sp³-hybridized carbons (Fsp3) is 0.312. The first-order chi connectivity index (χ1) is 10.7. The number of thiophene rings is 1. The summed E-state index contributed by atoms with van der Waals surface area (Å²) in [6.45, 7) is 1.98. The van der Waals surface area contributed by atoms with E-state index in [1.165, 1.54) is 0 Å². The number of hydrogen-bond acceptors (Lipinski definition) is 5. The maximum absolute atomic E-state index is 12.4. The normalized spacial score (nSPS) is 17.9. The monoisotopic (exact) mass is 335 g/mol. The van der Waals surface area contributed by atoms with Crippen molar-refractivity contribution in [2.24, 2.45) is 0 Å². The van der Waals surface area contributed by atoms with Crippen molar-refractivity contribution >= 4 is 34.7 Å². The number of ether oxygens (including phenoxy) is 2. The van der Waals surface area contributed by atoms with Crippen molar-refractivity contribution in [3.8, 4) is 11.5 Å². The molecular weight excluding hydrogens is 318 g/mol. The molecule has 4 nitrogen and oxygen atoms in total. The van der Waals surface area contributed by atoms with E-state index in [0.717, 1.165) is 16.8 Å². The Bertz CT molecular complexity index is 685. The van der Waals surface area contributed by atoms with Crippen LogP contribution >= 0.6 is 23.1 Å². The second kappa shape index (κ2) is 6.22. The smallest absolute Gasteiger partial charge is 0.238 e. The molecule has 2 heterocycles. The van der Waals surface area contributed by atoms with Gasteiger partial charge in [0.05, 0.1) is 25.7 Å². The second-order valence-corrected chi connectivity index (χ2v) is 6.83. The summed E-state index contributed by atoms with van der Waals surface area (Å²) in [5.41, 5.74) is 3.03. The largest absolute Gasteiger partial charge is 0.493 e. The van der Waals surface area contributed by atoms with E-state index in [2.05, 4.69) is 11.4 Å². The van der Waals surface area contributed by atoms with Gasteiger partial charge in [0.1, 0.15) is 5.37 Å². The van der Waals surface area contributed by atoms with Crippen LogP contribution in [0.4, 0.5) is 5.69 Å². The van der Waals surface area contributed by atoms with Gasteiger partial charge in [0, 0.05) is 6.07 Å². The molecule has 0 radical (unpaired) electrons. The minimum absolute atomic E-state index is 0.0237. The molecule has 1 aliphatic rings. The van der Waals surface area contributed by atoms with Crippen molar-refractivity contribution in [1.29, 1.82) is 0 Å². The Kier molecular flexibility index (Phi) is 4.31. The highest BCUT2D eigenvalue weighted by atomic mass is 32.2. The molecule has 1 saturated heterocycles. The average Bonchev–Trinajstić information content (AvgIpc) is 3.16. The summed E-state index contributed by atoms with van der Waals surface area (Å²) in [5, 5.41) is 4.16. The number of amides is 1. The number of thioether (sulfide) groups is 1. The number of benzene rings is 1. The molecule has 0 aliphatic carbocycles. The number of carbonyl (C=O) groups excluding carboxylic acids is 1. The van der Waals surface area contributed by atoms with Crippen LogP contribution in [0.25, 0.3) is 0 Å². The van der Waals surface area contributed by atoms with Crippen molar-refractivity contribution in [1.82, 2.24) is 0 Å². The molecule has 0 bridgehead atoms. The van der Waals surface area contributed by atoms with Crippen LogP contribution in [-0.4, -0.2) is 25.9 Å². The van der Waals surface area contributed by atoms with Crippen LogP contribution in [0.1, 0.15) is 16.5 Å². The Morgan fingerprint density at radius 2 is 1.95 bits per heavy atom. The molecule has 3 rings (SSSR count). The standard InChI is InChI=1S/C16H17NO3S2/c1-10-6-13(19-2)14(20-3)7-12(10)17-15(18)9-22-16(17)11-4-5-21-8-11/h4-8,16H,9H2,1-3H3. The molecule has 1 amide bonds. The topological polar surface area (TPSA) is 38.8 Å². The lowest BCUT2D eigenvalue weighted by molar-refractivity contribution is -0.115. The molecule has 1 aromatic heterocycles. The summed E-state index contributed by atoms with van der Waals surface area (Å²) in [7, 11) is 3.22. The third-order valence-corrected chi connectivity index (χ3v) is 5.57. The molecule has 1 aromatic carbocycles. The number of nitrogens with zero attached hydrogens (tertiary/aromatic N) is 1. The van der Waals surface area contributed by atoms with Crippen LogP contribution in [0.15, 0.2) is 29.0 Å². The number of methoxy groups -OCH3 is 2. The molecule has 0 spiro atoms. The van der Waals surface area contributed by atoms with Crippen molar-refractivity contribution in [2.45, 2.75) is 12.3 Å². The van der Waals surface area contributed by atoms with Gasteiger partial charge in [-0.3, -0.25) is 9.69 Å². The predicted octanol–water partition coefficient (Wildman–Crippen LogP) is 3.85. The van der Waals surface area contributed by atoms with Crippen LogP contribution < -0.4 is 14.4 Å². The third kappa shape index (κ3) is 2.57. The number of rotatable bonds is 4. The highest BCUT2D eigenvalue weighted by molar-refractivity contribution is 8.00. The summed E-state index contributed by atoms with van der Waals surface area (Å²) >= 11 is 3.30. The maximum Gasteiger partial charge on any atom is 0.238 e. The minimum Gasteiger partial charge on any atom is -0.493 e. The SMILES string of the molecule is COc1cc(C)c(N2C(=O)CSC2c2ccsc2)cc1OC. The van der Waals surface area contributed by atoms with Crippen molar-refractivity contribution in [3.05, 3.63) is 40.1 Å². The maximum atomic E-state index is 12.4. The van der Waals surface area contributed by atoms with Gasteiger partial charge in [-0.15, -0.1) is 11.8 Å². The highest BCUT2D eigenvalue weighted by Gasteiger charge is 2.35. The molecule has 2 aromatic rings. The van der Waals surface area contributed by atoms with Crippen LogP contribution in [-0.2, 0) is 4.79 Å². The quantitative estimate of drug-likeness (QED) is 0.851. The number of carbonyl (C=O) groups is 1. The first-order valence-electron chi connectivity index (χ1n) is 6.84. The van der Waals surface area contributed by atoms with E-state index in [0.29, 0.717) is 17.3 Å². The van der Waals surface area contributed by atoms with Gasteiger partial charge in [-0.05, 0) is 40.9 Å². The summed E-state index contributed by atoms with van der Waals surface area (Å²) in [5.74, 6) is 1.93. The molecular formula is C16H17NO3S2. The van der Waals surface area contributed by atoms with Gasteiger partial charge in [-0.1, -0.05) is 0 Å². The summed E-state index contributed by atoms with van der Waals surface area (Å²) < 4.78 is 10.7. The van der Waals surface area contributed by atoms with E-state index < -0.39 is 0 Å². The van der Waals surface area contributed by atoms with Crippen LogP contribution in [0.5, 0.6) is 11.5 Å². The Hall–Kier alpha value is -1.66. The molecule has 6 heteroatoms. The van der Waals surface area contributed by atoms with E-state index >= 15 is 0 Å². The Labute approximate surface area is 138 Å². The van der Waals surface area contributed by atoms with Gasteiger partial charge >= 0.3 is 0 Å². The first kappa shape index (κ1) is 15.2. The zero-order valence-electron chi connectivity index (χ0n) is 12.7. The third-order valence-electron chi connectivity index (χ3n) is 3.66. The van der Waals surface area contributed by atoms with Gasteiger partial charge in [-0.25, -0.2) is 0 Å². The summed E-state index contributed by atoms with van der Waals surface area (Å²) in [6, 6.07) is 5.87. The van der Waals surface area contributed by atoms with Crippen LogP contribution in [0.3, 0.4) is 0 Å². The number of hydrogen-bond donors (Lipinski definition) is 0. The van der Waals surface area contributed by atoms with E-state index in [9.17, 15) is 4.79 Å². The fourth-order valence-corrected chi connectivity index (χ4v) is 4.50. The van der Waals surface area contributed by atoms with Gasteiger partial charge in [-0.2, -0.15) is 11.3 Å². The first-order valence-corrected chi connectivity index (χ1v) is 8.83. The Morgan fingerprint density at radius 1 is 1.23 bits per heavy atom. The van der Waals surface area contributed by atoms with E-state index in [-0.39, 0.29) is 11.3 Å². The van der Waals surface area contributed by atoms with Crippen molar-refractivity contribution < 1.29 is 14.3 Å². The average molecular weight is 335 g/mol. The van der Waals surface area contributed by atoms with Crippen LogP contribution in [0, 0.1) is 6.92 Å². The lowest BCUT2D eigenvalue weighted by Gasteiger charge is -2.26. The summed E-state index contributed by atoms with van der Waals surface area (Å²) in [4.78, 5) is 14.3. The molecule has 116 valence electrons. The molecule has 22 heavy (non-hydrogen) atoms. The number of anilines is 1. The predicted molar refractivity (Wildman–Crippen MR) is 91.3 cm³/mol. The zero-order valence-corrected chi connectivity index (χ0v) is 14.3. The Balaban J connectivity index is 2.06. The molecule has 0 saturated carbocycles.